The van der Waals surface area contributed by atoms with Crippen LogP contribution in [0.1, 0.15) is 20.3 Å². The lowest BCUT2D eigenvalue weighted by Gasteiger charge is -2.19. The van der Waals surface area contributed by atoms with E-state index < -0.39 is 23.8 Å². The van der Waals surface area contributed by atoms with Crippen LogP contribution in [0.2, 0.25) is 0 Å². The van der Waals surface area contributed by atoms with E-state index in [0.717, 1.165) is 0 Å². The Hall–Kier alpha value is 0.0600. The summed E-state index contributed by atoms with van der Waals surface area (Å²) in [4.78, 5) is 0. The molecule has 8 heteroatoms. The van der Waals surface area contributed by atoms with Crippen molar-refractivity contribution in [1.82, 2.24) is 0 Å². The number of phosphoric ester groups is 1. The molecule has 1 unspecified atom stereocenters. The zero-order valence-corrected chi connectivity index (χ0v) is 11.1. The molecule has 1 atom stereocenters. The largest absolute Gasteiger partial charge is 0.475 e. The van der Waals surface area contributed by atoms with Crippen molar-refractivity contribution in [3.8, 4) is 0 Å². The molecule has 1 aliphatic heterocycles. The van der Waals surface area contributed by atoms with Gasteiger partial charge in [-0.15, -0.1) is 0 Å². The minimum Gasteiger partial charge on any atom is -0.287 e. The Balaban J connectivity index is 2.60. The maximum Gasteiger partial charge on any atom is 0.475 e. The van der Waals surface area contributed by atoms with Crippen molar-refractivity contribution in [2.45, 2.75) is 26.4 Å². The molecular weight excluding hydrogens is 255 g/mol. The number of rotatable bonds is 6. The van der Waals surface area contributed by atoms with Crippen LogP contribution in [0.25, 0.3) is 0 Å². The van der Waals surface area contributed by atoms with Crippen molar-refractivity contribution in [3.05, 3.63) is 0 Å². The third-order valence-corrected chi connectivity index (χ3v) is 5.49. The van der Waals surface area contributed by atoms with E-state index in [1.165, 1.54) is 0 Å². The molecule has 0 bridgehead atoms. The molecular formula is C8H17O6PS. The van der Waals surface area contributed by atoms with Crippen LogP contribution in [0.15, 0.2) is 0 Å². The first kappa shape index (κ1) is 14.1. The lowest BCUT2D eigenvalue weighted by Crippen LogP contribution is -2.15. The Morgan fingerprint density at radius 2 is 1.81 bits per heavy atom. The van der Waals surface area contributed by atoms with E-state index in [0.29, 0.717) is 6.42 Å². The zero-order chi connectivity index (χ0) is 12.2. The van der Waals surface area contributed by atoms with Crippen LogP contribution >= 0.6 is 7.82 Å². The number of phosphoric acid groups is 1. The molecule has 0 radical (unpaired) electrons. The van der Waals surface area contributed by atoms with E-state index in [2.05, 4.69) is 0 Å². The second kappa shape index (κ2) is 5.60. The normalized spacial score (nSPS) is 24.8. The van der Waals surface area contributed by atoms with Gasteiger partial charge >= 0.3 is 7.82 Å². The van der Waals surface area contributed by atoms with Crippen LogP contribution < -0.4 is 0 Å². The molecule has 0 spiro atoms. The molecule has 0 N–H and O–H groups in total. The predicted molar refractivity (Wildman–Crippen MR) is 59.0 cm³/mol. The van der Waals surface area contributed by atoms with Crippen molar-refractivity contribution in [3.63, 3.8) is 0 Å². The molecule has 16 heavy (non-hydrogen) atoms. The average Bonchev–Trinajstić information content (AvgIpc) is 2.45. The Kier molecular flexibility index (Phi) is 4.94. The van der Waals surface area contributed by atoms with Gasteiger partial charge in [0.2, 0.25) is 0 Å². The first-order valence-electron chi connectivity index (χ1n) is 5.18. The number of hydrogen-bond donors (Lipinski definition) is 0. The van der Waals surface area contributed by atoms with Crippen molar-refractivity contribution >= 4 is 17.7 Å². The third-order valence-electron chi connectivity index (χ3n) is 2.04. The molecule has 1 aliphatic rings. The maximum absolute atomic E-state index is 11.9. The summed E-state index contributed by atoms with van der Waals surface area (Å²) in [5.41, 5.74) is 0. The first-order chi connectivity index (χ1) is 7.41. The molecule has 0 amide bonds. The topological polar surface area (TPSA) is 78.9 Å². The average molecular weight is 272 g/mol. The Bertz CT molecular complexity index is 355. The second-order valence-corrected chi connectivity index (χ2v) is 7.26. The van der Waals surface area contributed by atoms with Gasteiger partial charge in [0.1, 0.15) is 0 Å². The third kappa shape index (κ3) is 4.14. The molecule has 1 rings (SSSR count). The van der Waals surface area contributed by atoms with E-state index >= 15 is 0 Å². The molecule has 0 aliphatic carbocycles. The monoisotopic (exact) mass is 272 g/mol. The Morgan fingerprint density at radius 3 is 2.19 bits per heavy atom. The molecule has 0 aromatic rings. The van der Waals surface area contributed by atoms with Gasteiger partial charge in [0.25, 0.3) is 0 Å². The highest BCUT2D eigenvalue weighted by molar-refractivity contribution is 7.91. The highest BCUT2D eigenvalue weighted by Crippen LogP contribution is 2.51. The van der Waals surface area contributed by atoms with Crippen LogP contribution in [0, 0.1) is 0 Å². The molecule has 6 nitrogen and oxygen atoms in total. The van der Waals surface area contributed by atoms with Crippen molar-refractivity contribution in [1.29, 1.82) is 0 Å². The van der Waals surface area contributed by atoms with Crippen LogP contribution in [0.4, 0.5) is 0 Å². The van der Waals surface area contributed by atoms with E-state index in [9.17, 15) is 13.0 Å². The van der Waals surface area contributed by atoms with Crippen molar-refractivity contribution < 1.29 is 26.6 Å². The predicted octanol–water partition coefficient (Wildman–Crippen LogP) is 1.37. The van der Waals surface area contributed by atoms with Gasteiger partial charge in [-0.3, -0.25) is 13.6 Å². The molecule has 0 aromatic heterocycles. The standard InChI is InChI=1S/C8H17O6PS/c1-3-12-15(9,13-4-2)14-8-5-6-16(10,11)7-8/h8H,3-7H2,1-2H3. The summed E-state index contributed by atoms with van der Waals surface area (Å²) < 4.78 is 49.3. The molecule has 1 heterocycles. The second-order valence-electron chi connectivity index (χ2n) is 3.41. The fourth-order valence-electron chi connectivity index (χ4n) is 1.44. The summed E-state index contributed by atoms with van der Waals surface area (Å²) in [6.45, 7) is 3.72. The number of hydrogen-bond acceptors (Lipinski definition) is 6. The summed E-state index contributed by atoms with van der Waals surface area (Å²) in [7, 11) is -6.64. The maximum atomic E-state index is 11.9. The van der Waals surface area contributed by atoms with Crippen LogP contribution in [0.5, 0.6) is 0 Å². The van der Waals surface area contributed by atoms with Gasteiger partial charge in [-0.2, -0.15) is 0 Å². The van der Waals surface area contributed by atoms with Crippen molar-refractivity contribution in [2.75, 3.05) is 24.7 Å². The minimum absolute atomic E-state index is 0.0654. The fraction of sp³-hybridized carbons (Fsp3) is 1.00. The van der Waals surface area contributed by atoms with Gasteiger partial charge in [0, 0.05) is 0 Å². The number of sulfone groups is 1. The zero-order valence-electron chi connectivity index (χ0n) is 9.42. The van der Waals surface area contributed by atoms with Crippen LogP contribution in [-0.4, -0.2) is 39.2 Å². The highest BCUT2D eigenvalue weighted by atomic mass is 32.2. The smallest absolute Gasteiger partial charge is 0.287 e. The lowest BCUT2D eigenvalue weighted by molar-refractivity contribution is 0.0934. The molecule has 1 saturated heterocycles. The van der Waals surface area contributed by atoms with E-state index in [1.54, 1.807) is 13.8 Å². The Morgan fingerprint density at radius 1 is 1.25 bits per heavy atom. The van der Waals surface area contributed by atoms with Gasteiger partial charge in [-0.05, 0) is 20.3 Å². The summed E-state index contributed by atoms with van der Waals surface area (Å²) in [5.74, 6) is -0.0486. The molecule has 0 saturated carbocycles. The SMILES string of the molecule is CCOP(=O)(OCC)OC1CCS(=O)(=O)C1. The summed E-state index contributed by atoms with van der Waals surface area (Å²) in [6, 6.07) is 0. The summed E-state index contributed by atoms with van der Waals surface area (Å²) in [5, 5.41) is 0. The molecule has 0 aromatic carbocycles. The summed E-state index contributed by atoms with van der Waals surface area (Å²) in [6.07, 6.45) is -0.249. The molecule has 96 valence electrons. The Labute approximate surface area is 95.8 Å². The first-order valence-corrected chi connectivity index (χ1v) is 8.47. The van der Waals surface area contributed by atoms with Crippen molar-refractivity contribution in [2.24, 2.45) is 0 Å². The van der Waals surface area contributed by atoms with Gasteiger partial charge in [0.15, 0.2) is 9.84 Å². The fourth-order valence-corrected chi connectivity index (χ4v) is 4.51. The lowest BCUT2D eigenvalue weighted by atomic mass is 10.3. The van der Waals surface area contributed by atoms with Gasteiger partial charge in [-0.25, -0.2) is 13.0 Å². The van der Waals surface area contributed by atoms with E-state index in [-0.39, 0.29) is 24.7 Å². The summed E-state index contributed by atoms with van der Waals surface area (Å²) >= 11 is 0. The van der Waals surface area contributed by atoms with Crippen LogP contribution in [0.3, 0.4) is 0 Å². The van der Waals surface area contributed by atoms with Gasteiger partial charge in [-0.1, -0.05) is 0 Å². The van der Waals surface area contributed by atoms with E-state index in [1.807, 2.05) is 0 Å². The highest BCUT2D eigenvalue weighted by Gasteiger charge is 2.36. The van der Waals surface area contributed by atoms with Gasteiger partial charge < -0.3 is 0 Å². The minimum atomic E-state index is -3.59. The molecule has 1 fully saturated rings. The van der Waals surface area contributed by atoms with E-state index in [4.69, 9.17) is 13.6 Å². The van der Waals surface area contributed by atoms with Gasteiger partial charge in [0.05, 0.1) is 30.8 Å². The van der Waals surface area contributed by atoms with Crippen LogP contribution in [-0.2, 0) is 28.0 Å². The quantitative estimate of drug-likeness (QED) is 0.679.